The third kappa shape index (κ3) is 4.00. The largest absolute Gasteiger partial charge is 0.416 e. The summed E-state index contributed by atoms with van der Waals surface area (Å²) in [6.45, 7) is 1.67. The number of nitrogens with zero attached hydrogens (tertiary/aromatic N) is 3. The van der Waals surface area contributed by atoms with Crippen molar-refractivity contribution in [2.24, 2.45) is 0 Å². The van der Waals surface area contributed by atoms with Gasteiger partial charge in [-0.3, -0.25) is 9.69 Å². The third-order valence-electron chi connectivity index (χ3n) is 4.95. The van der Waals surface area contributed by atoms with Crippen LogP contribution in [0.1, 0.15) is 22.4 Å². The van der Waals surface area contributed by atoms with E-state index in [1.54, 1.807) is 6.20 Å². The molecule has 0 radical (unpaired) electrons. The summed E-state index contributed by atoms with van der Waals surface area (Å²) in [5.41, 5.74) is 7.42. The van der Waals surface area contributed by atoms with Crippen LogP contribution in [0.3, 0.4) is 0 Å². The Morgan fingerprint density at radius 2 is 1.93 bits per heavy atom. The number of halogens is 3. The lowest BCUT2D eigenvalue weighted by Crippen LogP contribution is -2.35. The number of anilines is 1. The minimum atomic E-state index is -4.41. The molecule has 6 nitrogen and oxygen atoms in total. The molecule has 3 heterocycles. The van der Waals surface area contributed by atoms with Crippen molar-refractivity contribution < 1.29 is 13.2 Å². The van der Waals surface area contributed by atoms with Gasteiger partial charge < -0.3 is 10.7 Å². The zero-order chi connectivity index (χ0) is 20.6. The third-order valence-corrected chi connectivity index (χ3v) is 4.95. The molecule has 0 aliphatic carbocycles. The number of aromatic amines is 1. The fraction of sp³-hybridized carbons (Fsp3) is 0.250. The average Bonchev–Trinajstić information content (AvgIpc) is 2.69. The number of H-pyrrole nitrogens is 1. The van der Waals surface area contributed by atoms with Gasteiger partial charge in [-0.2, -0.15) is 13.2 Å². The predicted molar refractivity (Wildman–Crippen MR) is 102 cm³/mol. The molecule has 0 unspecified atom stereocenters. The standard InChI is InChI=1S/C20H18F3N5O/c21-20(22,23)14-5-3-12(4-6-14)18-26-16-7-9-28(11-15(16)19(29)27-18)10-13-2-1-8-25-17(13)24/h1-6,8H,7,9-11H2,(H2,24,25)(H,26,27,29). The Morgan fingerprint density at radius 1 is 1.17 bits per heavy atom. The monoisotopic (exact) mass is 401 g/mol. The topological polar surface area (TPSA) is 87.9 Å². The minimum absolute atomic E-state index is 0.271. The molecule has 2 aromatic heterocycles. The fourth-order valence-corrected chi connectivity index (χ4v) is 3.40. The van der Waals surface area contributed by atoms with Crippen LogP contribution in [0.4, 0.5) is 19.0 Å². The van der Waals surface area contributed by atoms with Gasteiger partial charge in [0.1, 0.15) is 11.6 Å². The Bertz CT molecular complexity index is 1090. The molecular weight excluding hydrogens is 383 g/mol. The number of aromatic nitrogens is 3. The molecule has 0 saturated heterocycles. The molecule has 1 aromatic carbocycles. The first-order valence-corrected chi connectivity index (χ1v) is 9.02. The van der Waals surface area contributed by atoms with E-state index in [-0.39, 0.29) is 11.4 Å². The van der Waals surface area contributed by atoms with Gasteiger partial charge in [0.05, 0.1) is 16.8 Å². The van der Waals surface area contributed by atoms with Crippen molar-refractivity contribution >= 4 is 5.82 Å². The lowest BCUT2D eigenvalue weighted by molar-refractivity contribution is -0.137. The molecule has 9 heteroatoms. The fourth-order valence-electron chi connectivity index (χ4n) is 3.40. The van der Waals surface area contributed by atoms with Crippen molar-refractivity contribution in [1.82, 2.24) is 19.9 Å². The molecule has 0 spiro atoms. The normalized spacial score (nSPS) is 14.6. The molecule has 3 N–H and O–H groups in total. The summed E-state index contributed by atoms with van der Waals surface area (Å²) in [4.78, 5) is 26.0. The maximum atomic E-state index is 12.7. The summed E-state index contributed by atoms with van der Waals surface area (Å²) in [6, 6.07) is 8.30. The van der Waals surface area contributed by atoms with E-state index in [9.17, 15) is 18.0 Å². The van der Waals surface area contributed by atoms with Crippen LogP contribution in [-0.2, 0) is 25.7 Å². The summed E-state index contributed by atoms with van der Waals surface area (Å²) in [5, 5.41) is 0. The van der Waals surface area contributed by atoms with Gasteiger partial charge in [0.2, 0.25) is 0 Å². The maximum Gasteiger partial charge on any atom is 0.416 e. The second-order valence-electron chi connectivity index (χ2n) is 6.92. The van der Waals surface area contributed by atoms with E-state index in [2.05, 4.69) is 19.9 Å². The van der Waals surface area contributed by atoms with Crippen molar-refractivity contribution in [2.75, 3.05) is 12.3 Å². The number of hydrogen-bond donors (Lipinski definition) is 2. The quantitative estimate of drug-likeness (QED) is 0.705. The van der Waals surface area contributed by atoms with E-state index in [1.807, 2.05) is 12.1 Å². The highest BCUT2D eigenvalue weighted by atomic mass is 19.4. The lowest BCUT2D eigenvalue weighted by atomic mass is 10.1. The van der Waals surface area contributed by atoms with Gasteiger partial charge in [-0.15, -0.1) is 0 Å². The van der Waals surface area contributed by atoms with Crippen molar-refractivity contribution in [2.45, 2.75) is 25.7 Å². The van der Waals surface area contributed by atoms with Crippen LogP contribution in [-0.4, -0.2) is 26.4 Å². The molecule has 1 aliphatic heterocycles. The summed E-state index contributed by atoms with van der Waals surface area (Å²) >= 11 is 0. The Hall–Kier alpha value is -3.20. The molecule has 4 rings (SSSR count). The minimum Gasteiger partial charge on any atom is -0.383 e. The van der Waals surface area contributed by atoms with Gasteiger partial charge in [0.15, 0.2) is 0 Å². The number of nitrogens with one attached hydrogen (secondary N) is 1. The van der Waals surface area contributed by atoms with E-state index < -0.39 is 11.7 Å². The molecule has 0 atom stereocenters. The van der Waals surface area contributed by atoms with Crippen LogP contribution in [0.5, 0.6) is 0 Å². The average molecular weight is 401 g/mol. The molecule has 29 heavy (non-hydrogen) atoms. The first-order chi connectivity index (χ1) is 13.8. The van der Waals surface area contributed by atoms with E-state index in [1.165, 1.54) is 12.1 Å². The van der Waals surface area contributed by atoms with Crippen molar-refractivity contribution in [3.05, 3.63) is 75.3 Å². The Morgan fingerprint density at radius 3 is 2.62 bits per heavy atom. The highest BCUT2D eigenvalue weighted by Crippen LogP contribution is 2.30. The Balaban J connectivity index is 1.57. The van der Waals surface area contributed by atoms with Crippen LogP contribution in [0, 0.1) is 0 Å². The number of pyridine rings is 1. The second-order valence-corrected chi connectivity index (χ2v) is 6.92. The van der Waals surface area contributed by atoms with Crippen molar-refractivity contribution in [3.8, 4) is 11.4 Å². The highest BCUT2D eigenvalue weighted by Gasteiger charge is 2.30. The van der Waals surface area contributed by atoms with Gasteiger partial charge in [0, 0.05) is 43.4 Å². The molecule has 0 fully saturated rings. The number of fused-ring (bicyclic) bond motifs is 1. The predicted octanol–water partition coefficient (Wildman–Crippen LogP) is 2.99. The summed E-state index contributed by atoms with van der Waals surface area (Å²) in [7, 11) is 0. The number of hydrogen-bond acceptors (Lipinski definition) is 5. The van der Waals surface area contributed by atoms with Gasteiger partial charge in [-0.1, -0.05) is 18.2 Å². The Kier molecular flexibility index (Phi) is 4.83. The molecule has 0 bridgehead atoms. The lowest BCUT2D eigenvalue weighted by Gasteiger charge is -2.28. The van der Waals surface area contributed by atoms with Gasteiger partial charge in [0.25, 0.3) is 5.56 Å². The van der Waals surface area contributed by atoms with Gasteiger partial charge in [-0.25, -0.2) is 9.97 Å². The number of alkyl halides is 3. The number of rotatable bonds is 3. The zero-order valence-electron chi connectivity index (χ0n) is 15.3. The van der Waals surface area contributed by atoms with Crippen LogP contribution >= 0.6 is 0 Å². The highest BCUT2D eigenvalue weighted by molar-refractivity contribution is 5.56. The van der Waals surface area contributed by atoms with Crippen LogP contribution in [0.25, 0.3) is 11.4 Å². The molecule has 0 amide bonds. The van der Waals surface area contributed by atoms with Gasteiger partial charge in [-0.05, 0) is 18.2 Å². The molecule has 1 aliphatic rings. The second kappa shape index (κ2) is 7.32. The number of benzene rings is 1. The van der Waals surface area contributed by atoms with Crippen molar-refractivity contribution in [1.29, 1.82) is 0 Å². The first kappa shape index (κ1) is 19.1. The number of nitrogen functional groups attached to an aromatic ring is 1. The Labute approximate surface area is 164 Å². The molecular formula is C20H18F3N5O. The zero-order valence-corrected chi connectivity index (χ0v) is 15.3. The van der Waals surface area contributed by atoms with Crippen molar-refractivity contribution in [3.63, 3.8) is 0 Å². The van der Waals surface area contributed by atoms with E-state index in [4.69, 9.17) is 5.73 Å². The van der Waals surface area contributed by atoms with Crippen LogP contribution < -0.4 is 11.3 Å². The first-order valence-electron chi connectivity index (χ1n) is 9.02. The van der Waals surface area contributed by atoms with Crippen LogP contribution in [0.2, 0.25) is 0 Å². The molecule has 3 aromatic rings. The van der Waals surface area contributed by atoms with Crippen LogP contribution in [0.15, 0.2) is 47.4 Å². The summed E-state index contributed by atoms with van der Waals surface area (Å²) in [5.74, 6) is 0.732. The molecule has 0 saturated carbocycles. The van der Waals surface area contributed by atoms with E-state index in [0.29, 0.717) is 48.7 Å². The molecule has 150 valence electrons. The van der Waals surface area contributed by atoms with E-state index >= 15 is 0 Å². The SMILES string of the molecule is Nc1ncccc1CN1CCc2nc(-c3ccc(C(F)(F)F)cc3)[nH]c(=O)c2C1. The van der Waals surface area contributed by atoms with Gasteiger partial charge >= 0.3 is 6.18 Å². The summed E-state index contributed by atoms with van der Waals surface area (Å²) < 4.78 is 38.2. The van der Waals surface area contributed by atoms with E-state index in [0.717, 1.165) is 17.7 Å². The number of nitrogens with two attached hydrogens (primary N) is 1. The smallest absolute Gasteiger partial charge is 0.383 e. The maximum absolute atomic E-state index is 12.7. The summed E-state index contributed by atoms with van der Waals surface area (Å²) in [6.07, 6.45) is -2.22.